The van der Waals surface area contributed by atoms with Gasteiger partial charge in [0.15, 0.2) is 0 Å². The maximum Gasteiger partial charge on any atom is 0.264 e. The second-order valence-electron chi connectivity index (χ2n) is 6.52. The second-order valence-corrected chi connectivity index (χ2v) is 7.57. The molecule has 0 radical (unpaired) electrons. The largest absolute Gasteiger partial charge is 0.492 e. The molecule has 4 rings (SSSR count). The summed E-state index contributed by atoms with van der Waals surface area (Å²) in [5, 5.41) is 8.16. The van der Waals surface area contributed by atoms with E-state index in [4.69, 9.17) is 4.74 Å². The summed E-state index contributed by atoms with van der Waals surface area (Å²) in [7, 11) is 1.82. The van der Waals surface area contributed by atoms with Crippen LogP contribution in [0.2, 0.25) is 0 Å². The number of nitrogens with one attached hydrogen (secondary N) is 1. The van der Waals surface area contributed by atoms with Gasteiger partial charge < -0.3 is 9.64 Å². The van der Waals surface area contributed by atoms with E-state index < -0.39 is 0 Å². The predicted molar refractivity (Wildman–Crippen MR) is 113 cm³/mol. The van der Waals surface area contributed by atoms with Crippen LogP contribution in [0.25, 0.3) is 21.3 Å². The molecule has 0 aliphatic carbocycles. The Morgan fingerprint density at radius 1 is 1.18 bits per heavy atom. The zero-order chi connectivity index (χ0) is 19.5. The second kappa shape index (κ2) is 7.86. The van der Waals surface area contributed by atoms with Crippen molar-refractivity contribution in [3.63, 3.8) is 0 Å². The highest BCUT2D eigenvalue weighted by Crippen LogP contribution is 2.39. The predicted octanol–water partition coefficient (Wildman–Crippen LogP) is 4.96. The molecule has 4 aromatic rings. The number of carbonyl (C=O) groups is 1. The van der Waals surface area contributed by atoms with Crippen molar-refractivity contribution in [1.29, 1.82) is 0 Å². The number of amides is 1. The Balaban J connectivity index is 1.61. The molecule has 28 heavy (non-hydrogen) atoms. The lowest BCUT2D eigenvalue weighted by molar-refractivity contribution is 0.0790. The van der Waals surface area contributed by atoms with Gasteiger partial charge in [-0.1, -0.05) is 48.5 Å². The molecular formula is C22H21N3O2S. The first-order valence-electron chi connectivity index (χ1n) is 9.16. The quantitative estimate of drug-likeness (QED) is 0.505. The number of fused-ring (bicyclic) bond motifs is 1. The molecule has 0 aliphatic heterocycles. The van der Waals surface area contributed by atoms with Gasteiger partial charge >= 0.3 is 0 Å². The summed E-state index contributed by atoms with van der Waals surface area (Å²) in [6.07, 6.45) is 1.79. The van der Waals surface area contributed by atoms with E-state index in [0.29, 0.717) is 18.0 Å². The van der Waals surface area contributed by atoms with Crippen LogP contribution >= 0.6 is 11.3 Å². The SMILES string of the molecule is CCOc1cc(C(=O)N(C)Cc2cccc3cn[nH]c23)sc1-c1ccccc1. The highest BCUT2D eigenvalue weighted by molar-refractivity contribution is 7.17. The number of H-pyrrole nitrogens is 1. The van der Waals surface area contributed by atoms with Gasteiger partial charge in [0, 0.05) is 25.0 Å². The van der Waals surface area contributed by atoms with Crippen LogP contribution in [0.4, 0.5) is 0 Å². The zero-order valence-electron chi connectivity index (χ0n) is 15.8. The summed E-state index contributed by atoms with van der Waals surface area (Å²) in [6, 6.07) is 17.9. The smallest absolute Gasteiger partial charge is 0.264 e. The van der Waals surface area contributed by atoms with Crippen molar-refractivity contribution in [3.05, 3.63) is 71.2 Å². The van der Waals surface area contributed by atoms with E-state index in [9.17, 15) is 4.79 Å². The van der Waals surface area contributed by atoms with Crippen LogP contribution in [0, 0.1) is 0 Å². The third-order valence-corrected chi connectivity index (χ3v) is 5.72. The molecule has 0 unspecified atom stereocenters. The molecule has 0 fully saturated rings. The maximum atomic E-state index is 13.1. The fourth-order valence-corrected chi connectivity index (χ4v) is 4.31. The van der Waals surface area contributed by atoms with Gasteiger partial charge in [0.2, 0.25) is 0 Å². The number of carbonyl (C=O) groups excluding carboxylic acids is 1. The van der Waals surface area contributed by atoms with Crippen LogP contribution in [0.1, 0.15) is 22.2 Å². The van der Waals surface area contributed by atoms with Crippen molar-refractivity contribution >= 4 is 28.1 Å². The van der Waals surface area contributed by atoms with Crippen LogP contribution in [-0.2, 0) is 6.54 Å². The molecular weight excluding hydrogens is 370 g/mol. The average Bonchev–Trinajstić information content (AvgIpc) is 3.36. The number of para-hydroxylation sites is 1. The first-order chi connectivity index (χ1) is 13.7. The number of hydrogen-bond donors (Lipinski definition) is 1. The fraction of sp³-hybridized carbons (Fsp3) is 0.182. The lowest BCUT2D eigenvalue weighted by Gasteiger charge is -2.16. The molecule has 0 atom stereocenters. The normalized spacial score (nSPS) is 10.9. The average molecular weight is 391 g/mol. The number of benzene rings is 2. The minimum absolute atomic E-state index is 0.0235. The van der Waals surface area contributed by atoms with Crippen LogP contribution in [0.15, 0.2) is 60.8 Å². The lowest BCUT2D eigenvalue weighted by atomic mass is 10.1. The van der Waals surface area contributed by atoms with Crippen LogP contribution < -0.4 is 4.74 Å². The van der Waals surface area contributed by atoms with E-state index in [0.717, 1.165) is 32.7 Å². The molecule has 1 amide bonds. The van der Waals surface area contributed by atoms with Crippen molar-refractivity contribution in [2.45, 2.75) is 13.5 Å². The first kappa shape index (κ1) is 18.3. The fourth-order valence-electron chi connectivity index (χ4n) is 3.21. The molecule has 2 aromatic heterocycles. The van der Waals surface area contributed by atoms with Gasteiger partial charge in [-0.05, 0) is 18.1 Å². The molecule has 0 spiro atoms. The Kier molecular flexibility index (Phi) is 5.12. The summed E-state index contributed by atoms with van der Waals surface area (Å²) in [5.41, 5.74) is 3.06. The topological polar surface area (TPSA) is 58.2 Å². The standard InChI is InChI=1S/C22H21N3O2S/c1-3-27-18-12-19(28-21(18)15-8-5-4-6-9-15)22(26)25(2)14-17-11-7-10-16-13-23-24-20(16)17/h4-13H,3,14H2,1-2H3,(H,23,24). The van der Waals surface area contributed by atoms with Gasteiger partial charge in [-0.15, -0.1) is 11.3 Å². The van der Waals surface area contributed by atoms with E-state index in [1.807, 2.05) is 68.6 Å². The summed E-state index contributed by atoms with van der Waals surface area (Å²) in [4.78, 5) is 16.5. The van der Waals surface area contributed by atoms with Gasteiger partial charge in [-0.2, -0.15) is 5.10 Å². The van der Waals surface area contributed by atoms with Crippen LogP contribution in [-0.4, -0.2) is 34.7 Å². The summed E-state index contributed by atoms with van der Waals surface area (Å²) >= 11 is 1.47. The molecule has 0 saturated carbocycles. The van der Waals surface area contributed by atoms with Crippen LogP contribution in [0.5, 0.6) is 5.75 Å². The Hall–Kier alpha value is -3.12. The van der Waals surface area contributed by atoms with Gasteiger partial charge in [0.05, 0.1) is 28.1 Å². The Bertz CT molecular complexity index is 1100. The monoisotopic (exact) mass is 391 g/mol. The van der Waals surface area contributed by atoms with Crippen molar-refractivity contribution < 1.29 is 9.53 Å². The van der Waals surface area contributed by atoms with Gasteiger partial charge in [0.25, 0.3) is 5.91 Å². The van der Waals surface area contributed by atoms with Gasteiger partial charge in [0.1, 0.15) is 5.75 Å². The highest BCUT2D eigenvalue weighted by Gasteiger charge is 2.20. The molecule has 0 bridgehead atoms. The Labute approximate surface area is 167 Å². The number of thiophene rings is 1. The molecule has 0 aliphatic rings. The number of hydrogen-bond acceptors (Lipinski definition) is 4. The number of aromatic nitrogens is 2. The lowest BCUT2D eigenvalue weighted by Crippen LogP contribution is -2.25. The molecule has 142 valence electrons. The Morgan fingerprint density at radius 2 is 2.00 bits per heavy atom. The molecule has 6 heteroatoms. The van der Waals surface area contributed by atoms with Crippen molar-refractivity contribution in [1.82, 2.24) is 15.1 Å². The van der Waals surface area contributed by atoms with Crippen molar-refractivity contribution in [2.24, 2.45) is 0 Å². The maximum absolute atomic E-state index is 13.1. The summed E-state index contributed by atoms with van der Waals surface area (Å²) in [5.74, 6) is 0.732. The number of ether oxygens (including phenoxy) is 1. The summed E-state index contributed by atoms with van der Waals surface area (Å²) in [6.45, 7) is 3.01. The molecule has 1 N–H and O–H groups in total. The van der Waals surface area contributed by atoms with Crippen LogP contribution in [0.3, 0.4) is 0 Å². The Morgan fingerprint density at radius 3 is 2.79 bits per heavy atom. The third-order valence-electron chi connectivity index (χ3n) is 4.56. The van der Waals surface area contributed by atoms with E-state index in [2.05, 4.69) is 10.2 Å². The highest BCUT2D eigenvalue weighted by atomic mass is 32.1. The van der Waals surface area contributed by atoms with Gasteiger partial charge in [-0.3, -0.25) is 9.89 Å². The summed E-state index contributed by atoms with van der Waals surface area (Å²) < 4.78 is 5.79. The van der Waals surface area contributed by atoms with E-state index in [1.165, 1.54) is 11.3 Å². The minimum Gasteiger partial charge on any atom is -0.492 e. The third kappa shape index (κ3) is 3.51. The van der Waals surface area contributed by atoms with Crippen molar-refractivity contribution in [2.75, 3.05) is 13.7 Å². The molecule has 0 saturated heterocycles. The molecule has 2 aromatic carbocycles. The number of nitrogens with zero attached hydrogens (tertiary/aromatic N) is 2. The van der Waals surface area contributed by atoms with Crippen molar-refractivity contribution in [3.8, 4) is 16.2 Å². The van der Waals surface area contributed by atoms with E-state index in [-0.39, 0.29) is 5.91 Å². The zero-order valence-corrected chi connectivity index (χ0v) is 16.6. The number of rotatable bonds is 6. The number of aromatic amines is 1. The minimum atomic E-state index is -0.0235. The van der Waals surface area contributed by atoms with E-state index in [1.54, 1.807) is 11.1 Å². The van der Waals surface area contributed by atoms with Gasteiger partial charge in [-0.25, -0.2) is 0 Å². The first-order valence-corrected chi connectivity index (χ1v) is 9.97. The molecule has 2 heterocycles. The molecule has 5 nitrogen and oxygen atoms in total. The van der Waals surface area contributed by atoms with E-state index >= 15 is 0 Å².